The number of hydrogen-bond acceptors (Lipinski definition) is 3. The summed E-state index contributed by atoms with van der Waals surface area (Å²) in [7, 11) is 0. The van der Waals surface area contributed by atoms with Gasteiger partial charge < -0.3 is 15.2 Å². The van der Waals surface area contributed by atoms with Crippen molar-refractivity contribution in [1.82, 2.24) is 5.32 Å². The van der Waals surface area contributed by atoms with Gasteiger partial charge in [0.25, 0.3) is 5.91 Å². The highest BCUT2D eigenvalue weighted by Crippen LogP contribution is 2.23. The third-order valence-corrected chi connectivity index (χ3v) is 3.35. The minimum Gasteiger partial charge on any atom is -0.490 e. The van der Waals surface area contributed by atoms with Gasteiger partial charge in [-0.05, 0) is 43.9 Å². The standard InChI is InChI=1S/C15H21NO3/c17-10-9-16-15(18)12-5-4-8-14(11-12)19-13-6-2-1-3-7-13/h4-5,8,11,13,17H,1-3,6-7,9-10H2,(H,16,18). The molecule has 1 saturated carbocycles. The summed E-state index contributed by atoms with van der Waals surface area (Å²) in [5.74, 6) is 0.576. The normalized spacial score (nSPS) is 16.1. The molecular weight excluding hydrogens is 242 g/mol. The van der Waals surface area contributed by atoms with Crippen LogP contribution in [0, 0.1) is 0 Å². The number of carbonyl (C=O) groups is 1. The van der Waals surface area contributed by atoms with Crippen LogP contribution in [0.3, 0.4) is 0 Å². The number of ether oxygens (including phenoxy) is 1. The molecule has 19 heavy (non-hydrogen) atoms. The molecule has 2 rings (SSSR count). The van der Waals surface area contributed by atoms with Gasteiger partial charge in [0, 0.05) is 12.1 Å². The van der Waals surface area contributed by atoms with Gasteiger partial charge in [-0.15, -0.1) is 0 Å². The Bertz CT molecular complexity index is 414. The molecule has 1 fully saturated rings. The number of rotatable bonds is 5. The second-order valence-corrected chi connectivity index (χ2v) is 4.89. The second-order valence-electron chi connectivity index (χ2n) is 4.89. The van der Waals surface area contributed by atoms with Gasteiger partial charge in [0.05, 0.1) is 12.7 Å². The van der Waals surface area contributed by atoms with Crippen molar-refractivity contribution in [2.24, 2.45) is 0 Å². The van der Waals surface area contributed by atoms with Crippen LogP contribution >= 0.6 is 0 Å². The Morgan fingerprint density at radius 1 is 1.32 bits per heavy atom. The minimum absolute atomic E-state index is 0.0516. The van der Waals surface area contributed by atoms with Crippen molar-refractivity contribution in [3.05, 3.63) is 29.8 Å². The summed E-state index contributed by atoms with van der Waals surface area (Å²) < 4.78 is 5.92. The largest absolute Gasteiger partial charge is 0.490 e. The van der Waals surface area contributed by atoms with Crippen LogP contribution < -0.4 is 10.1 Å². The van der Waals surface area contributed by atoms with Crippen LogP contribution in [0.4, 0.5) is 0 Å². The van der Waals surface area contributed by atoms with Crippen molar-refractivity contribution in [3.63, 3.8) is 0 Å². The Hall–Kier alpha value is -1.55. The molecule has 2 N–H and O–H groups in total. The maximum absolute atomic E-state index is 11.8. The van der Waals surface area contributed by atoms with Crippen molar-refractivity contribution in [2.75, 3.05) is 13.2 Å². The van der Waals surface area contributed by atoms with Crippen molar-refractivity contribution in [1.29, 1.82) is 0 Å². The van der Waals surface area contributed by atoms with Crippen molar-refractivity contribution < 1.29 is 14.6 Å². The zero-order valence-electron chi connectivity index (χ0n) is 11.1. The van der Waals surface area contributed by atoms with Gasteiger partial charge in [-0.2, -0.15) is 0 Å². The molecule has 0 spiro atoms. The topological polar surface area (TPSA) is 58.6 Å². The molecule has 4 nitrogen and oxygen atoms in total. The number of nitrogens with one attached hydrogen (secondary N) is 1. The Labute approximate surface area is 113 Å². The third kappa shape index (κ3) is 4.24. The summed E-state index contributed by atoms with van der Waals surface area (Å²) in [5.41, 5.74) is 0.571. The number of aliphatic hydroxyl groups is 1. The van der Waals surface area contributed by atoms with Crippen molar-refractivity contribution in [3.8, 4) is 5.75 Å². The van der Waals surface area contributed by atoms with Crippen molar-refractivity contribution in [2.45, 2.75) is 38.2 Å². The van der Waals surface area contributed by atoms with Gasteiger partial charge in [0.1, 0.15) is 5.75 Å². The Morgan fingerprint density at radius 2 is 2.11 bits per heavy atom. The predicted molar refractivity (Wildman–Crippen MR) is 73.4 cm³/mol. The second kappa shape index (κ2) is 7.14. The Balaban J connectivity index is 1.95. The van der Waals surface area contributed by atoms with Gasteiger partial charge in [-0.3, -0.25) is 4.79 Å². The molecule has 1 aliphatic rings. The number of aliphatic hydroxyl groups excluding tert-OH is 1. The molecule has 0 radical (unpaired) electrons. The van der Waals surface area contributed by atoms with E-state index in [4.69, 9.17) is 9.84 Å². The van der Waals surface area contributed by atoms with E-state index in [1.54, 1.807) is 12.1 Å². The van der Waals surface area contributed by atoms with Crippen LogP contribution in [0.15, 0.2) is 24.3 Å². The molecule has 1 aromatic rings. The van der Waals surface area contributed by atoms with E-state index in [1.807, 2.05) is 12.1 Å². The molecule has 0 aliphatic heterocycles. The van der Waals surface area contributed by atoms with Crippen LogP contribution in [0.5, 0.6) is 5.75 Å². The first-order valence-electron chi connectivity index (χ1n) is 6.95. The van der Waals surface area contributed by atoms with Crippen LogP contribution in [0.25, 0.3) is 0 Å². The first-order valence-corrected chi connectivity index (χ1v) is 6.95. The van der Waals surface area contributed by atoms with Crippen LogP contribution in [-0.2, 0) is 0 Å². The molecule has 0 unspecified atom stereocenters. The molecule has 1 aromatic carbocycles. The van der Waals surface area contributed by atoms with Gasteiger partial charge in [0.15, 0.2) is 0 Å². The number of carbonyl (C=O) groups excluding carboxylic acids is 1. The summed E-state index contributed by atoms with van der Waals surface area (Å²) >= 11 is 0. The molecular formula is C15H21NO3. The van der Waals surface area contributed by atoms with E-state index in [9.17, 15) is 4.79 Å². The highest BCUT2D eigenvalue weighted by atomic mass is 16.5. The van der Waals surface area contributed by atoms with E-state index in [-0.39, 0.29) is 25.2 Å². The van der Waals surface area contributed by atoms with Crippen molar-refractivity contribution >= 4 is 5.91 Å². The molecule has 4 heteroatoms. The molecule has 1 amide bonds. The lowest BCUT2D eigenvalue weighted by Gasteiger charge is -2.23. The maximum atomic E-state index is 11.8. The zero-order valence-corrected chi connectivity index (χ0v) is 11.1. The van der Waals surface area contributed by atoms with E-state index in [0.717, 1.165) is 18.6 Å². The van der Waals surface area contributed by atoms with E-state index in [0.29, 0.717) is 5.56 Å². The quantitative estimate of drug-likeness (QED) is 0.855. The highest BCUT2D eigenvalue weighted by Gasteiger charge is 2.15. The summed E-state index contributed by atoms with van der Waals surface area (Å²) in [6.45, 7) is 0.219. The van der Waals surface area contributed by atoms with Gasteiger partial charge in [-0.25, -0.2) is 0 Å². The number of hydrogen-bond donors (Lipinski definition) is 2. The maximum Gasteiger partial charge on any atom is 0.251 e. The van der Waals surface area contributed by atoms with Gasteiger partial charge in [-0.1, -0.05) is 12.5 Å². The predicted octanol–water partition coefficient (Wildman–Crippen LogP) is 2.12. The third-order valence-electron chi connectivity index (χ3n) is 3.35. The van der Waals surface area contributed by atoms with E-state index in [2.05, 4.69) is 5.32 Å². The summed E-state index contributed by atoms with van der Waals surface area (Å²) in [6.07, 6.45) is 6.22. The summed E-state index contributed by atoms with van der Waals surface area (Å²) in [4.78, 5) is 11.8. The molecule has 0 aromatic heterocycles. The fraction of sp³-hybridized carbons (Fsp3) is 0.533. The zero-order chi connectivity index (χ0) is 13.5. The fourth-order valence-corrected chi connectivity index (χ4v) is 2.36. The highest BCUT2D eigenvalue weighted by molar-refractivity contribution is 5.94. The van der Waals surface area contributed by atoms with Gasteiger partial charge in [0.2, 0.25) is 0 Å². The van der Waals surface area contributed by atoms with Gasteiger partial charge >= 0.3 is 0 Å². The summed E-state index contributed by atoms with van der Waals surface area (Å²) in [6, 6.07) is 7.23. The smallest absolute Gasteiger partial charge is 0.251 e. The van der Waals surface area contributed by atoms with E-state index in [1.165, 1.54) is 19.3 Å². The Kier molecular flexibility index (Phi) is 5.21. The number of benzene rings is 1. The Morgan fingerprint density at radius 3 is 2.84 bits per heavy atom. The van der Waals surface area contributed by atoms with E-state index >= 15 is 0 Å². The lowest BCUT2D eigenvalue weighted by atomic mass is 9.98. The first kappa shape index (κ1) is 13.9. The fourth-order valence-electron chi connectivity index (χ4n) is 2.36. The first-order chi connectivity index (χ1) is 9.29. The lowest BCUT2D eigenvalue weighted by molar-refractivity contribution is 0.0943. The molecule has 0 bridgehead atoms. The van der Waals surface area contributed by atoms with Crippen LogP contribution in [-0.4, -0.2) is 30.3 Å². The average Bonchev–Trinajstić information content (AvgIpc) is 2.46. The molecule has 0 heterocycles. The monoisotopic (exact) mass is 263 g/mol. The molecule has 104 valence electrons. The van der Waals surface area contributed by atoms with Crippen LogP contribution in [0.2, 0.25) is 0 Å². The number of amides is 1. The SMILES string of the molecule is O=C(NCCO)c1cccc(OC2CCCCC2)c1. The molecule has 0 atom stereocenters. The molecule has 0 saturated heterocycles. The summed E-state index contributed by atoms with van der Waals surface area (Å²) in [5, 5.41) is 11.3. The minimum atomic E-state index is -0.178. The molecule has 1 aliphatic carbocycles. The average molecular weight is 263 g/mol. The van der Waals surface area contributed by atoms with Crippen LogP contribution in [0.1, 0.15) is 42.5 Å². The lowest BCUT2D eigenvalue weighted by Crippen LogP contribution is -2.26. The van der Waals surface area contributed by atoms with E-state index < -0.39 is 0 Å².